The Labute approximate surface area is 150 Å². The number of rotatable bonds is 6. The lowest BCUT2D eigenvalue weighted by Crippen LogP contribution is -1.97. The minimum Gasteiger partial charge on any atom is -0.497 e. The van der Waals surface area contributed by atoms with Gasteiger partial charge < -0.3 is 9.84 Å². The molecule has 0 aliphatic carbocycles. The summed E-state index contributed by atoms with van der Waals surface area (Å²) in [7, 11) is 1.62. The van der Waals surface area contributed by atoms with Crippen molar-refractivity contribution in [1.82, 2.24) is 9.78 Å². The normalized spacial score (nSPS) is 10.6. The first-order chi connectivity index (χ1) is 12.1. The maximum absolute atomic E-state index is 11.0. The molecule has 5 nitrogen and oxygen atoms in total. The van der Waals surface area contributed by atoms with E-state index in [4.69, 9.17) is 21.4 Å². The Balaban J connectivity index is 2.00. The van der Waals surface area contributed by atoms with Gasteiger partial charge in [-0.1, -0.05) is 23.7 Å². The Bertz CT molecular complexity index is 871. The molecule has 1 heterocycles. The molecule has 2 aromatic carbocycles. The zero-order valence-electron chi connectivity index (χ0n) is 13.6. The number of carboxylic acids is 1. The van der Waals surface area contributed by atoms with Crippen LogP contribution in [-0.4, -0.2) is 28.0 Å². The summed E-state index contributed by atoms with van der Waals surface area (Å²) in [5.74, 6) is -0.0702. The zero-order valence-corrected chi connectivity index (χ0v) is 14.4. The Morgan fingerprint density at radius 1 is 1.16 bits per heavy atom. The lowest BCUT2D eigenvalue weighted by molar-refractivity contribution is -0.136. The SMILES string of the molecule is COc1ccc(-n2cc(CCC(=O)O)c(-c3ccc(Cl)cc3)n2)cc1. The van der Waals surface area contributed by atoms with Gasteiger partial charge in [-0.15, -0.1) is 0 Å². The predicted molar refractivity (Wildman–Crippen MR) is 96.5 cm³/mol. The number of aryl methyl sites for hydroxylation is 1. The van der Waals surface area contributed by atoms with Gasteiger partial charge in [-0.25, -0.2) is 4.68 Å². The summed E-state index contributed by atoms with van der Waals surface area (Å²) < 4.78 is 6.92. The maximum atomic E-state index is 11.0. The second-order valence-electron chi connectivity index (χ2n) is 5.55. The minimum atomic E-state index is -0.834. The molecule has 0 saturated carbocycles. The van der Waals surface area contributed by atoms with Gasteiger partial charge in [0, 0.05) is 23.2 Å². The molecular weight excluding hydrogens is 340 g/mol. The van der Waals surface area contributed by atoms with Crippen molar-refractivity contribution in [1.29, 1.82) is 0 Å². The van der Waals surface area contributed by atoms with Crippen molar-refractivity contribution >= 4 is 17.6 Å². The van der Waals surface area contributed by atoms with Crippen LogP contribution in [0.1, 0.15) is 12.0 Å². The van der Waals surface area contributed by atoms with Crippen LogP contribution in [0.2, 0.25) is 5.02 Å². The van der Waals surface area contributed by atoms with Crippen LogP contribution in [0.5, 0.6) is 5.75 Å². The molecule has 3 aromatic rings. The van der Waals surface area contributed by atoms with Gasteiger partial charge in [-0.2, -0.15) is 5.10 Å². The fraction of sp³-hybridized carbons (Fsp3) is 0.158. The van der Waals surface area contributed by atoms with E-state index in [1.165, 1.54) is 0 Å². The number of aromatic nitrogens is 2. The second kappa shape index (κ2) is 7.40. The van der Waals surface area contributed by atoms with E-state index in [-0.39, 0.29) is 6.42 Å². The fourth-order valence-corrected chi connectivity index (χ4v) is 2.68. The summed E-state index contributed by atoms with van der Waals surface area (Å²) in [5.41, 5.74) is 3.41. The largest absolute Gasteiger partial charge is 0.497 e. The molecule has 1 N–H and O–H groups in total. The molecule has 1 aromatic heterocycles. The van der Waals surface area contributed by atoms with Gasteiger partial charge in [-0.05, 0) is 48.4 Å². The van der Waals surface area contributed by atoms with Crippen molar-refractivity contribution in [2.75, 3.05) is 7.11 Å². The number of aliphatic carboxylic acids is 1. The Hall–Kier alpha value is -2.79. The molecule has 0 amide bonds. The smallest absolute Gasteiger partial charge is 0.303 e. The van der Waals surface area contributed by atoms with Crippen LogP contribution in [0.15, 0.2) is 54.7 Å². The van der Waals surface area contributed by atoms with E-state index >= 15 is 0 Å². The fourth-order valence-electron chi connectivity index (χ4n) is 2.55. The molecule has 0 bridgehead atoms. The molecule has 0 atom stereocenters. The van der Waals surface area contributed by atoms with Crippen molar-refractivity contribution in [3.63, 3.8) is 0 Å². The molecule has 25 heavy (non-hydrogen) atoms. The van der Waals surface area contributed by atoms with Crippen molar-refractivity contribution in [2.24, 2.45) is 0 Å². The number of hydrogen-bond donors (Lipinski definition) is 1. The van der Waals surface area contributed by atoms with Crippen LogP contribution in [-0.2, 0) is 11.2 Å². The van der Waals surface area contributed by atoms with Crippen LogP contribution < -0.4 is 4.74 Å². The topological polar surface area (TPSA) is 64.3 Å². The molecule has 0 aliphatic rings. The first kappa shape index (κ1) is 17.0. The summed E-state index contributed by atoms with van der Waals surface area (Å²) in [4.78, 5) is 11.0. The zero-order chi connectivity index (χ0) is 17.8. The van der Waals surface area contributed by atoms with Gasteiger partial charge >= 0.3 is 5.97 Å². The minimum absolute atomic E-state index is 0.0505. The van der Waals surface area contributed by atoms with Gasteiger partial charge in [0.15, 0.2) is 0 Å². The highest BCUT2D eigenvalue weighted by Crippen LogP contribution is 2.26. The highest BCUT2D eigenvalue weighted by molar-refractivity contribution is 6.30. The van der Waals surface area contributed by atoms with Crippen molar-refractivity contribution in [3.05, 3.63) is 65.3 Å². The van der Waals surface area contributed by atoms with Crippen LogP contribution in [0.4, 0.5) is 0 Å². The van der Waals surface area contributed by atoms with E-state index in [1.807, 2.05) is 42.6 Å². The number of carboxylic acid groups (broad SMARTS) is 1. The van der Waals surface area contributed by atoms with E-state index < -0.39 is 5.97 Å². The van der Waals surface area contributed by atoms with Gasteiger partial charge in [0.2, 0.25) is 0 Å². The Morgan fingerprint density at radius 2 is 1.84 bits per heavy atom. The first-order valence-electron chi connectivity index (χ1n) is 7.77. The van der Waals surface area contributed by atoms with Gasteiger partial charge in [-0.3, -0.25) is 4.79 Å². The molecule has 0 radical (unpaired) electrons. The van der Waals surface area contributed by atoms with E-state index in [9.17, 15) is 4.79 Å². The lowest BCUT2D eigenvalue weighted by atomic mass is 10.0. The van der Waals surface area contributed by atoms with Crippen molar-refractivity contribution < 1.29 is 14.6 Å². The third-order valence-corrected chi connectivity index (χ3v) is 4.10. The first-order valence-corrected chi connectivity index (χ1v) is 8.15. The highest BCUT2D eigenvalue weighted by atomic mass is 35.5. The van der Waals surface area contributed by atoms with E-state index in [1.54, 1.807) is 23.9 Å². The molecule has 0 saturated heterocycles. The average molecular weight is 357 g/mol. The summed E-state index contributed by atoms with van der Waals surface area (Å²) in [6, 6.07) is 14.9. The van der Waals surface area contributed by atoms with Crippen LogP contribution >= 0.6 is 11.6 Å². The van der Waals surface area contributed by atoms with Crippen LogP contribution in [0.3, 0.4) is 0 Å². The lowest BCUT2D eigenvalue weighted by Gasteiger charge is -2.03. The summed E-state index contributed by atoms with van der Waals surface area (Å²) in [6.45, 7) is 0. The number of methoxy groups -OCH3 is 1. The van der Waals surface area contributed by atoms with Gasteiger partial charge in [0.05, 0.1) is 18.5 Å². The van der Waals surface area contributed by atoms with E-state index in [0.717, 1.165) is 28.3 Å². The molecule has 3 rings (SSSR count). The average Bonchev–Trinajstić information content (AvgIpc) is 3.05. The molecule has 6 heteroatoms. The number of hydrogen-bond acceptors (Lipinski definition) is 3. The number of nitrogens with zero attached hydrogens (tertiary/aromatic N) is 2. The standard InChI is InChI=1S/C19H17ClN2O3/c1-25-17-9-7-16(8-10-17)22-12-14(4-11-18(23)24)19(21-22)13-2-5-15(20)6-3-13/h2-3,5-10,12H,4,11H2,1H3,(H,23,24). The predicted octanol–water partition coefficient (Wildman–Crippen LogP) is 4.22. The third kappa shape index (κ3) is 4.00. The number of ether oxygens (including phenoxy) is 1. The van der Waals surface area contributed by atoms with Crippen LogP contribution in [0, 0.1) is 0 Å². The molecule has 0 unspecified atom stereocenters. The quantitative estimate of drug-likeness (QED) is 0.718. The summed E-state index contributed by atoms with van der Waals surface area (Å²) >= 11 is 5.96. The van der Waals surface area contributed by atoms with Crippen molar-refractivity contribution in [2.45, 2.75) is 12.8 Å². The molecule has 0 spiro atoms. The number of halogens is 1. The highest BCUT2D eigenvalue weighted by Gasteiger charge is 2.13. The molecular formula is C19H17ClN2O3. The summed E-state index contributed by atoms with van der Waals surface area (Å²) in [5, 5.41) is 14.3. The van der Waals surface area contributed by atoms with E-state index in [2.05, 4.69) is 5.10 Å². The number of carbonyl (C=O) groups is 1. The van der Waals surface area contributed by atoms with Gasteiger partial charge in [0.1, 0.15) is 5.75 Å². The monoisotopic (exact) mass is 356 g/mol. The molecule has 0 aliphatic heterocycles. The summed E-state index contributed by atoms with van der Waals surface area (Å²) in [6.07, 6.45) is 2.33. The molecule has 0 fully saturated rings. The van der Waals surface area contributed by atoms with E-state index in [0.29, 0.717) is 11.4 Å². The molecule has 128 valence electrons. The second-order valence-corrected chi connectivity index (χ2v) is 5.98. The third-order valence-electron chi connectivity index (χ3n) is 3.85. The Kier molecular flexibility index (Phi) is 5.05. The maximum Gasteiger partial charge on any atom is 0.303 e. The van der Waals surface area contributed by atoms with Crippen LogP contribution in [0.25, 0.3) is 16.9 Å². The number of benzene rings is 2. The van der Waals surface area contributed by atoms with Gasteiger partial charge in [0.25, 0.3) is 0 Å². The van der Waals surface area contributed by atoms with Crippen molar-refractivity contribution in [3.8, 4) is 22.7 Å². The Morgan fingerprint density at radius 3 is 2.44 bits per heavy atom.